The zero-order valence-corrected chi connectivity index (χ0v) is 13.9. The molecule has 2 aliphatic rings. The van der Waals surface area contributed by atoms with Crippen LogP contribution in [0.2, 0.25) is 0 Å². The van der Waals surface area contributed by atoms with E-state index in [1.807, 2.05) is 25.1 Å². The summed E-state index contributed by atoms with van der Waals surface area (Å²) in [6.45, 7) is 2.96. The molecule has 0 N–H and O–H groups in total. The van der Waals surface area contributed by atoms with Crippen LogP contribution in [0.4, 0.5) is 0 Å². The van der Waals surface area contributed by atoms with Gasteiger partial charge in [-0.25, -0.2) is 0 Å². The zero-order chi connectivity index (χ0) is 16.7. The Bertz CT molecular complexity index is 736. The van der Waals surface area contributed by atoms with Crippen LogP contribution in [-0.4, -0.2) is 49.9 Å². The second kappa shape index (κ2) is 6.01. The first kappa shape index (κ1) is 15.3. The first-order valence-electron chi connectivity index (χ1n) is 8.32. The Kier molecular flexibility index (Phi) is 3.84. The van der Waals surface area contributed by atoms with Gasteiger partial charge in [0.05, 0.1) is 25.3 Å². The van der Waals surface area contributed by atoms with Crippen LogP contribution in [0.15, 0.2) is 16.9 Å². The smallest absolute Gasteiger partial charge is 0.257 e. The molecule has 1 saturated carbocycles. The second-order valence-electron chi connectivity index (χ2n) is 6.70. The molecule has 0 spiro atoms. The SMILES string of the molecule is C[C@@H]1CN(C(=O)Cc2cnn(C)c2)C[C@H](c2nc(C3CC3)no2)O1. The second-order valence-corrected chi connectivity index (χ2v) is 6.70. The summed E-state index contributed by atoms with van der Waals surface area (Å²) in [6.07, 6.45) is 5.74. The van der Waals surface area contributed by atoms with Gasteiger partial charge in [-0.05, 0) is 25.3 Å². The molecule has 2 aromatic rings. The van der Waals surface area contributed by atoms with E-state index >= 15 is 0 Å². The fourth-order valence-corrected chi connectivity index (χ4v) is 3.03. The number of ether oxygens (including phenoxy) is 1. The van der Waals surface area contributed by atoms with Crippen molar-refractivity contribution in [1.82, 2.24) is 24.8 Å². The monoisotopic (exact) mass is 331 g/mol. The highest BCUT2D eigenvalue weighted by Crippen LogP contribution is 2.38. The Hall–Kier alpha value is -2.22. The van der Waals surface area contributed by atoms with Crippen LogP contribution < -0.4 is 0 Å². The number of nitrogens with zero attached hydrogens (tertiary/aromatic N) is 5. The number of rotatable bonds is 4. The molecule has 1 aliphatic heterocycles. The topological polar surface area (TPSA) is 86.3 Å². The average molecular weight is 331 g/mol. The number of carbonyl (C=O) groups excluding carboxylic acids is 1. The fourth-order valence-electron chi connectivity index (χ4n) is 3.03. The maximum atomic E-state index is 12.6. The van der Waals surface area contributed by atoms with E-state index in [4.69, 9.17) is 9.26 Å². The van der Waals surface area contributed by atoms with Gasteiger partial charge in [-0.2, -0.15) is 10.1 Å². The third-order valence-corrected chi connectivity index (χ3v) is 4.40. The summed E-state index contributed by atoms with van der Waals surface area (Å²) >= 11 is 0. The molecule has 0 bridgehead atoms. The van der Waals surface area contributed by atoms with Gasteiger partial charge in [0.1, 0.15) is 0 Å². The van der Waals surface area contributed by atoms with Crippen molar-refractivity contribution in [2.45, 2.75) is 44.3 Å². The summed E-state index contributed by atoms with van der Waals surface area (Å²) in [5.41, 5.74) is 0.909. The number of morpholine rings is 1. The molecule has 4 rings (SSSR count). The Morgan fingerprint density at radius 2 is 2.21 bits per heavy atom. The first-order valence-corrected chi connectivity index (χ1v) is 8.32. The van der Waals surface area contributed by atoms with Crippen LogP contribution >= 0.6 is 0 Å². The Balaban J connectivity index is 1.44. The van der Waals surface area contributed by atoms with Gasteiger partial charge in [0.2, 0.25) is 5.91 Å². The number of amides is 1. The van der Waals surface area contributed by atoms with Crippen LogP contribution in [0.3, 0.4) is 0 Å². The highest BCUT2D eigenvalue weighted by atomic mass is 16.5. The lowest BCUT2D eigenvalue weighted by molar-refractivity contribution is -0.146. The van der Waals surface area contributed by atoms with Crippen LogP contribution in [0.5, 0.6) is 0 Å². The summed E-state index contributed by atoms with van der Waals surface area (Å²) in [5.74, 6) is 1.74. The number of hydrogen-bond acceptors (Lipinski definition) is 6. The van der Waals surface area contributed by atoms with Crippen molar-refractivity contribution in [2.75, 3.05) is 13.1 Å². The largest absolute Gasteiger partial charge is 0.362 e. The van der Waals surface area contributed by atoms with Gasteiger partial charge >= 0.3 is 0 Å². The Morgan fingerprint density at radius 3 is 2.92 bits per heavy atom. The summed E-state index contributed by atoms with van der Waals surface area (Å²) < 4.78 is 13.0. The molecule has 2 fully saturated rings. The van der Waals surface area contributed by atoms with Crippen LogP contribution in [-0.2, 0) is 23.0 Å². The Labute approximate surface area is 139 Å². The van der Waals surface area contributed by atoms with E-state index in [0.29, 0.717) is 31.3 Å². The van der Waals surface area contributed by atoms with E-state index in [1.54, 1.807) is 10.9 Å². The highest BCUT2D eigenvalue weighted by Gasteiger charge is 2.35. The average Bonchev–Trinajstić information content (AvgIpc) is 3.14. The van der Waals surface area contributed by atoms with Gasteiger partial charge in [0.25, 0.3) is 5.89 Å². The van der Waals surface area contributed by atoms with Gasteiger partial charge in [-0.1, -0.05) is 5.16 Å². The molecule has 0 radical (unpaired) electrons. The molecule has 1 aliphatic carbocycles. The van der Waals surface area contributed by atoms with Crippen molar-refractivity contribution in [3.8, 4) is 0 Å². The van der Waals surface area contributed by atoms with Crippen molar-refractivity contribution in [1.29, 1.82) is 0 Å². The summed E-state index contributed by atoms with van der Waals surface area (Å²) in [6, 6.07) is 0. The van der Waals surface area contributed by atoms with E-state index in [2.05, 4.69) is 15.2 Å². The quantitative estimate of drug-likeness (QED) is 0.837. The van der Waals surface area contributed by atoms with Crippen LogP contribution in [0.1, 0.15) is 49.1 Å². The van der Waals surface area contributed by atoms with Crippen molar-refractivity contribution in [3.63, 3.8) is 0 Å². The molecule has 0 aromatic carbocycles. The standard InChI is InChI=1S/C16H21N5O3/c1-10-7-21(14(22)5-11-6-17-20(2)8-11)9-13(23-10)16-18-15(19-24-16)12-3-4-12/h6,8,10,12-13H,3-5,7,9H2,1-2H3/t10-,13-/m1/s1. The number of aryl methyl sites for hydroxylation is 1. The molecule has 3 heterocycles. The normalized spacial score (nSPS) is 24.3. The predicted molar refractivity (Wildman–Crippen MR) is 83.1 cm³/mol. The molecular weight excluding hydrogens is 310 g/mol. The van der Waals surface area contributed by atoms with Gasteiger partial charge < -0.3 is 14.2 Å². The van der Waals surface area contributed by atoms with E-state index < -0.39 is 0 Å². The van der Waals surface area contributed by atoms with E-state index in [1.165, 1.54) is 0 Å². The lowest BCUT2D eigenvalue weighted by atomic mass is 10.1. The molecule has 8 nitrogen and oxygen atoms in total. The van der Waals surface area contributed by atoms with E-state index in [9.17, 15) is 4.79 Å². The third-order valence-electron chi connectivity index (χ3n) is 4.40. The fraction of sp³-hybridized carbons (Fsp3) is 0.625. The van der Waals surface area contributed by atoms with E-state index in [-0.39, 0.29) is 18.1 Å². The van der Waals surface area contributed by atoms with Gasteiger partial charge in [-0.3, -0.25) is 9.48 Å². The van der Waals surface area contributed by atoms with E-state index in [0.717, 1.165) is 24.2 Å². The Morgan fingerprint density at radius 1 is 1.38 bits per heavy atom. The highest BCUT2D eigenvalue weighted by molar-refractivity contribution is 5.78. The summed E-state index contributed by atoms with van der Waals surface area (Å²) in [7, 11) is 1.84. The molecule has 2 atom stereocenters. The maximum absolute atomic E-state index is 12.6. The predicted octanol–water partition coefficient (Wildman–Crippen LogP) is 1.21. The molecular formula is C16H21N5O3. The molecule has 1 saturated heterocycles. The molecule has 8 heteroatoms. The van der Waals surface area contributed by atoms with Crippen molar-refractivity contribution in [2.24, 2.45) is 7.05 Å². The molecule has 0 unspecified atom stereocenters. The number of hydrogen-bond donors (Lipinski definition) is 0. The van der Waals surface area contributed by atoms with Gasteiger partial charge in [0.15, 0.2) is 11.9 Å². The van der Waals surface area contributed by atoms with Gasteiger partial charge in [-0.15, -0.1) is 0 Å². The minimum absolute atomic E-state index is 0.0603. The maximum Gasteiger partial charge on any atom is 0.257 e. The molecule has 2 aromatic heterocycles. The molecule has 128 valence electrons. The minimum atomic E-state index is -0.355. The molecule has 24 heavy (non-hydrogen) atoms. The number of aromatic nitrogens is 4. The third kappa shape index (κ3) is 3.19. The van der Waals surface area contributed by atoms with Crippen molar-refractivity contribution < 1.29 is 14.1 Å². The minimum Gasteiger partial charge on any atom is -0.362 e. The van der Waals surface area contributed by atoms with Gasteiger partial charge in [0, 0.05) is 25.7 Å². The lowest BCUT2D eigenvalue weighted by Gasteiger charge is -2.35. The lowest BCUT2D eigenvalue weighted by Crippen LogP contribution is -2.46. The van der Waals surface area contributed by atoms with Crippen molar-refractivity contribution in [3.05, 3.63) is 29.7 Å². The van der Waals surface area contributed by atoms with Crippen LogP contribution in [0.25, 0.3) is 0 Å². The van der Waals surface area contributed by atoms with Crippen LogP contribution in [0, 0.1) is 0 Å². The first-order chi connectivity index (χ1) is 11.6. The summed E-state index contributed by atoms with van der Waals surface area (Å²) in [5, 5.41) is 8.14. The molecule has 1 amide bonds. The van der Waals surface area contributed by atoms with Crippen molar-refractivity contribution >= 4 is 5.91 Å². The number of carbonyl (C=O) groups is 1. The zero-order valence-electron chi connectivity index (χ0n) is 13.9. The summed E-state index contributed by atoms with van der Waals surface area (Å²) in [4.78, 5) is 18.9.